The highest BCUT2D eigenvalue weighted by Crippen LogP contribution is 2.11. The largest absolute Gasteiger partial charge is 0.316 e. The maximum absolute atomic E-state index is 13.4. The smallest absolute Gasteiger partial charge is 0.129 e. The summed E-state index contributed by atoms with van der Waals surface area (Å²) in [6.07, 6.45) is 3.02. The highest BCUT2D eigenvalue weighted by molar-refractivity contribution is 5.32. The zero-order valence-corrected chi connectivity index (χ0v) is 7.76. The predicted molar refractivity (Wildman–Crippen MR) is 50.2 cm³/mol. The summed E-state index contributed by atoms with van der Waals surface area (Å²) in [5.74, 6) is -0.386. The Labute approximate surface area is 85.6 Å². The molecule has 0 spiro atoms. The molecule has 0 fully saturated rings. The van der Waals surface area contributed by atoms with Gasteiger partial charge in [0.15, 0.2) is 0 Å². The molecule has 0 aliphatic rings. The van der Waals surface area contributed by atoms with E-state index in [2.05, 4.69) is 10.2 Å². The van der Waals surface area contributed by atoms with Gasteiger partial charge in [0, 0.05) is 5.56 Å². The van der Waals surface area contributed by atoms with Crippen LogP contribution in [0.2, 0.25) is 0 Å². The van der Waals surface area contributed by atoms with Crippen molar-refractivity contribution in [3.8, 4) is 6.07 Å². The van der Waals surface area contributed by atoms with Gasteiger partial charge in [-0.15, -0.1) is 10.2 Å². The molecule has 0 aliphatic heterocycles. The SMILES string of the molecule is N#Cc1ccc(Cn2cnnc2)c(F)c1. The van der Waals surface area contributed by atoms with Gasteiger partial charge in [-0.05, 0) is 12.1 Å². The maximum atomic E-state index is 13.4. The lowest BCUT2D eigenvalue weighted by Crippen LogP contribution is -1.99. The Morgan fingerprint density at radius 3 is 2.67 bits per heavy atom. The first kappa shape index (κ1) is 9.34. The third-order valence-corrected chi connectivity index (χ3v) is 2.00. The standard InChI is InChI=1S/C10H7FN4/c11-10-3-8(4-12)1-2-9(10)5-15-6-13-14-7-15/h1-3,6-7H,5H2. The van der Waals surface area contributed by atoms with Crippen LogP contribution in [0.15, 0.2) is 30.9 Å². The van der Waals surface area contributed by atoms with Gasteiger partial charge in [0.2, 0.25) is 0 Å². The molecule has 0 amide bonds. The summed E-state index contributed by atoms with van der Waals surface area (Å²) in [7, 11) is 0. The molecule has 0 aliphatic carbocycles. The number of aromatic nitrogens is 3. The van der Waals surface area contributed by atoms with Crippen molar-refractivity contribution < 1.29 is 4.39 Å². The summed E-state index contributed by atoms with van der Waals surface area (Å²) in [6.45, 7) is 0.366. The Bertz CT molecular complexity index is 499. The van der Waals surface area contributed by atoms with Gasteiger partial charge in [0.25, 0.3) is 0 Å². The van der Waals surface area contributed by atoms with Gasteiger partial charge in [-0.2, -0.15) is 5.26 Å². The van der Waals surface area contributed by atoms with E-state index in [1.165, 1.54) is 18.7 Å². The molecular formula is C10H7FN4. The summed E-state index contributed by atoms with van der Waals surface area (Å²) in [5, 5.41) is 15.8. The monoisotopic (exact) mass is 202 g/mol. The topological polar surface area (TPSA) is 54.5 Å². The fourth-order valence-corrected chi connectivity index (χ4v) is 1.25. The van der Waals surface area contributed by atoms with Gasteiger partial charge in [-0.3, -0.25) is 0 Å². The first-order chi connectivity index (χ1) is 7.29. The minimum absolute atomic E-state index is 0.319. The lowest BCUT2D eigenvalue weighted by atomic mass is 10.1. The van der Waals surface area contributed by atoms with E-state index in [-0.39, 0.29) is 5.82 Å². The fraction of sp³-hybridized carbons (Fsp3) is 0.100. The Hall–Kier alpha value is -2.22. The zero-order chi connectivity index (χ0) is 10.7. The normalized spacial score (nSPS) is 9.87. The van der Waals surface area contributed by atoms with Crippen molar-refractivity contribution >= 4 is 0 Å². The second kappa shape index (κ2) is 3.88. The van der Waals surface area contributed by atoms with E-state index in [1.807, 2.05) is 6.07 Å². The van der Waals surface area contributed by atoms with Gasteiger partial charge in [-0.1, -0.05) is 6.07 Å². The van der Waals surface area contributed by atoms with E-state index in [4.69, 9.17) is 5.26 Å². The highest BCUT2D eigenvalue weighted by atomic mass is 19.1. The first-order valence-electron chi connectivity index (χ1n) is 4.30. The number of benzene rings is 1. The van der Waals surface area contributed by atoms with Crippen LogP contribution in [0, 0.1) is 17.1 Å². The van der Waals surface area contributed by atoms with Crippen molar-refractivity contribution in [2.45, 2.75) is 6.54 Å². The first-order valence-corrected chi connectivity index (χ1v) is 4.30. The molecule has 2 rings (SSSR count). The average Bonchev–Trinajstić information content (AvgIpc) is 2.74. The third-order valence-electron chi connectivity index (χ3n) is 2.00. The molecule has 15 heavy (non-hydrogen) atoms. The van der Waals surface area contributed by atoms with Crippen molar-refractivity contribution in [3.05, 3.63) is 47.8 Å². The summed E-state index contributed by atoms with van der Waals surface area (Å²) < 4.78 is 15.1. The van der Waals surface area contributed by atoms with Crippen molar-refractivity contribution in [3.63, 3.8) is 0 Å². The molecule has 0 saturated carbocycles. The summed E-state index contributed by atoms with van der Waals surface area (Å²) >= 11 is 0. The Kier molecular flexibility index (Phi) is 2.42. The van der Waals surface area contributed by atoms with Crippen molar-refractivity contribution in [2.75, 3.05) is 0 Å². The highest BCUT2D eigenvalue weighted by Gasteiger charge is 2.03. The van der Waals surface area contributed by atoms with Gasteiger partial charge in [0.1, 0.15) is 18.5 Å². The molecular weight excluding hydrogens is 195 g/mol. The average molecular weight is 202 g/mol. The van der Waals surface area contributed by atoms with Crippen LogP contribution in [-0.2, 0) is 6.54 Å². The molecule has 2 aromatic rings. The molecule has 0 unspecified atom stereocenters. The lowest BCUT2D eigenvalue weighted by Gasteiger charge is -2.03. The summed E-state index contributed by atoms with van der Waals surface area (Å²) in [4.78, 5) is 0. The molecule has 1 aromatic carbocycles. The van der Waals surface area contributed by atoms with Crippen LogP contribution in [0.5, 0.6) is 0 Å². The molecule has 0 N–H and O–H groups in total. The second-order valence-corrected chi connectivity index (χ2v) is 3.05. The number of hydrogen-bond acceptors (Lipinski definition) is 3. The lowest BCUT2D eigenvalue weighted by molar-refractivity contribution is 0.598. The van der Waals surface area contributed by atoms with Gasteiger partial charge in [0.05, 0.1) is 18.2 Å². The van der Waals surface area contributed by atoms with Gasteiger partial charge >= 0.3 is 0 Å². The number of nitrogens with zero attached hydrogens (tertiary/aromatic N) is 4. The van der Waals surface area contributed by atoms with Crippen molar-refractivity contribution in [1.29, 1.82) is 5.26 Å². The number of rotatable bonds is 2. The van der Waals surface area contributed by atoms with Crippen LogP contribution < -0.4 is 0 Å². The molecule has 1 heterocycles. The Morgan fingerprint density at radius 2 is 2.07 bits per heavy atom. The number of halogens is 1. The second-order valence-electron chi connectivity index (χ2n) is 3.05. The van der Waals surface area contributed by atoms with E-state index < -0.39 is 0 Å². The van der Waals surface area contributed by atoms with E-state index in [0.717, 1.165) is 0 Å². The van der Waals surface area contributed by atoms with E-state index in [1.54, 1.807) is 16.7 Å². The van der Waals surface area contributed by atoms with E-state index in [0.29, 0.717) is 17.7 Å². The molecule has 74 valence electrons. The minimum Gasteiger partial charge on any atom is -0.316 e. The van der Waals surface area contributed by atoms with Gasteiger partial charge < -0.3 is 4.57 Å². The van der Waals surface area contributed by atoms with Crippen LogP contribution >= 0.6 is 0 Å². The quantitative estimate of drug-likeness (QED) is 0.738. The van der Waals surface area contributed by atoms with Crippen molar-refractivity contribution in [1.82, 2.24) is 14.8 Å². The fourth-order valence-electron chi connectivity index (χ4n) is 1.25. The molecule has 0 bridgehead atoms. The van der Waals surface area contributed by atoms with Crippen LogP contribution in [0.1, 0.15) is 11.1 Å². The Morgan fingerprint density at radius 1 is 1.33 bits per heavy atom. The molecule has 0 atom stereocenters. The van der Waals surface area contributed by atoms with Crippen molar-refractivity contribution in [2.24, 2.45) is 0 Å². The third kappa shape index (κ3) is 1.99. The van der Waals surface area contributed by atoms with Crippen LogP contribution in [0.3, 0.4) is 0 Å². The molecule has 0 saturated heterocycles. The zero-order valence-electron chi connectivity index (χ0n) is 7.76. The summed E-state index contributed by atoms with van der Waals surface area (Å²) in [6, 6.07) is 6.28. The maximum Gasteiger partial charge on any atom is 0.129 e. The van der Waals surface area contributed by atoms with Gasteiger partial charge in [-0.25, -0.2) is 4.39 Å². The van der Waals surface area contributed by atoms with E-state index >= 15 is 0 Å². The van der Waals surface area contributed by atoms with E-state index in [9.17, 15) is 4.39 Å². The predicted octanol–water partition coefficient (Wildman–Crippen LogP) is 1.34. The molecule has 5 heteroatoms. The molecule has 0 radical (unpaired) electrons. The Balaban J connectivity index is 2.27. The van der Waals surface area contributed by atoms with Crippen LogP contribution in [0.4, 0.5) is 4.39 Å². The molecule has 1 aromatic heterocycles. The minimum atomic E-state index is -0.386. The summed E-state index contributed by atoms with van der Waals surface area (Å²) in [5.41, 5.74) is 0.828. The number of hydrogen-bond donors (Lipinski definition) is 0. The van der Waals surface area contributed by atoms with Crippen LogP contribution in [0.25, 0.3) is 0 Å². The molecule has 4 nitrogen and oxygen atoms in total. The number of nitriles is 1. The van der Waals surface area contributed by atoms with Crippen LogP contribution in [-0.4, -0.2) is 14.8 Å².